The molecule has 1 aliphatic carbocycles. The van der Waals surface area contributed by atoms with E-state index in [2.05, 4.69) is 23.6 Å². The molecule has 0 amide bonds. The Bertz CT molecular complexity index is 466. The van der Waals surface area contributed by atoms with Crippen molar-refractivity contribution in [2.24, 2.45) is 5.84 Å². The van der Waals surface area contributed by atoms with Crippen LogP contribution in [0.5, 0.6) is 5.75 Å². The summed E-state index contributed by atoms with van der Waals surface area (Å²) in [6.07, 6.45) is 6.51. The number of rotatable bonds is 6. The number of methoxy groups -OCH3 is 1. The quantitative estimate of drug-likeness (QED) is 0.616. The summed E-state index contributed by atoms with van der Waals surface area (Å²) in [5.74, 6) is 6.80. The number of aryl methyl sites for hydroxylation is 1. The van der Waals surface area contributed by atoms with Crippen LogP contribution in [0.25, 0.3) is 0 Å². The Morgan fingerprint density at radius 2 is 2.30 bits per heavy atom. The lowest BCUT2D eigenvalue weighted by Crippen LogP contribution is -2.58. The van der Waals surface area contributed by atoms with Gasteiger partial charge in [0.15, 0.2) is 0 Å². The van der Waals surface area contributed by atoms with E-state index in [-0.39, 0.29) is 11.6 Å². The van der Waals surface area contributed by atoms with Crippen LogP contribution in [-0.4, -0.2) is 25.4 Å². The summed E-state index contributed by atoms with van der Waals surface area (Å²) in [5, 5.41) is 0. The number of ether oxygens (including phenoxy) is 2. The Morgan fingerprint density at radius 1 is 1.45 bits per heavy atom. The molecule has 3 rings (SSSR count). The van der Waals surface area contributed by atoms with Crippen LogP contribution in [0.1, 0.15) is 36.8 Å². The topological polar surface area (TPSA) is 56.5 Å². The molecule has 0 spiro atoms. The Balaban J connectivity index is 1.63. The minimum absolute atomic E-state index is 0.0470. The van der Waals surface area contributed by atoms with Gasteiger partial charge in [-0.2, -0.15) is 0 Å². The van der Waals surface area contributed by atoms with E-state index in [0.29, 0.717) is 0 Å². The molecule has 4 nitrogen and oxygen atoms in total. The second kappa shape index (κ2) is 5.72. The molecule has 3 N–H and O–H groups in total. The van der Waals surface area contributed by atoms with Gasteiger partial charge in [0.2, 0.25) is 0 Å². The van der Waals surface area contributed by atoms with Gasteiger partial charge in [0, 0.05) is 13.5 Å². The molecule has 4 heteroatoms. The molecular formula is C16H24N2O2. The van der Waals surface area contributed by atoms with Gasteiger partial charge in [0.1, 0.15) is 5.75 Å². The van der Waals surface area contributed by atoms with Crippen LogP contribution >= 0.6 is 0 Å². The van der Waals surface area contributed by atoms with Gasteiger partial charge in [-0.25, -0.2) is 0 Å². The zero-order valence-corrected chi connectivity index (χ0v) is 12.2. The molecule has 0 bridgehead atoms. The van der Waals surface area contributed by atoms with E-state index in [0.717, 1.165) is 44.5 Å². The summed E-state index contributed by atoms with van der Waals surface area (Å²) in [6, 6.07) is 6.76. The molecule has 0 radical (unpaired) electrons. The lowest BCUT2D eigenvalue weighted by molar-refractivity contribution is -0.0999. The second-order valence-electron chi connectivity index (χ2n) is 5.92. The van der Waals surface area contributed by atoms with Crippen LogP contribution in [0.15, 0.2) is 18.2 Å². The van der Waals surface area contributed by atoms with Gasteiger partial charge in [-0.3, -0.25) is 11.3 Å². The SMILES string of the molecule is COC1(C(CCc2ccc3c(c2)CCO3)NN)CCC1. The van der Waals surface area contributed by atoms with Crippen LogP contribution in [-0.2, 0) is 17.6 Å². The molecule has 20 heavy (non-hydrogen) atoms. The number of benzene rings is 1. The van der Waals surface area contributed by atoms with Crippen molar-refractivity contribution in [3.63, 3.8) is 0 Å². The summed E-state index contributed by atoms with van der Waals surface area (Å²) in [5.41, 5.74) is 5.62. The fourth-order valence-corrected chi connectivity index (χ4v) is 3.42. The second-order valence-corrected chi connectivity index (χ2v) is 5.92. The minimum Gasteiger partial charge on any atom is -0.493 e. The number of nitrogens with two attached hydrogens (primary N) is 1. The molecule has 0 saturated heterocycles. The van der Waals surface area contributed by atoms with E-state index in [1.165, 1.54) is 17.5 Å². The normalized spacial score (nSPS) is 20.9. The number of hydrogen-bond donors (Lipinski definition) is 2. The van der Waals surface area contributed by atoms with Crippen molar-refractivity contribution in [1.82, 2.24) is 5.43 Å². The highest BCUT2D eigenvalue weighted by molar-refractivity contribution is 5.39. The highest BCUT2D eigenvalue weighted by atomic mass is 16.5. The Morgan fingerprint density at radius 3 is 2.95 bits per heavy atom. The fraction of sp³-hybridized carbons (Fsp3) is 0.625. The summed E-state index contributed by atoms with van der Waals surface area (Å²) >= 11 is 0. The predicted molar refractivity (Wildman–Crippen MR) is 78.7 cm³/mol. The average Bonchev–Trinajstić information content (AvgIpc) is 2.89. The zero-order valence-electron chi connectivity index (χ0n) is 12.2. The van der Waals surface area contributed by atoms with Crippen molar-refractivity contribution in [2.45, 2.75) is 50.2 Å². The predicted octanol–water partition coefficient (Wildman–Crippen LogP) is 1.96. The number of hydrazine groups is 1. The largest absolute Gasteiger partial charge is 0.493 e. The van der Waals surface area contributed by atoms with Gasteiger partial charge in [0.25, 0.3) is 0 Å². The van der Waals surface area contributed by atoms with E-state index in [4.69, 9.17) is 15.3 Å². The van der Waals surface area contributed by atoms with E-state index in [9.17, 15) is 0 Å². The summed E-state index contributed by atoms with van der Waals surface area (Å²) < 4.78 is 11.3. The minimum atomic E-state index is -0.0470. The van der Waals surface area contributed by atoms with Crippen LogP contribution in [0, 0.1) is 0 Å². The maximum absolute atomic E-state index is 5.75. The average molecular weight is 276 g/mol. The van der Waals surface area contributed by atoms with Crippen molar-refractivity contribution in [2.75, 3.05) is 13.7 Å². The third-order valence-electron chi connectivity index (χ3n) is 4.92. The van der Waals surface area contributed by atoms with Gasteiger partial charge >= 0.3 is 0 Å². The molecule has 110 valence electrons. The molecule has 1 aromatic carbocycles. The highest BCUT2D eigenvalue weighted by Crippen LogP contribution is 2.39. The summed E-state index contributed by atoms with van der Waals surface area (Å²) in [6.45, 7) is 0.818. The first-order valence-electron chi connectivity index (χ1n) is 7.53. The van der Waals surface area contributed by atoms with Crippen molar-refractivity contribution in [1.29, 1.82) is 0 Å². The Labute approximate surface area is 120 Å². The van der Waals surface area contributed by atoms with Gasteiger partial charge in [-0.05, 0) is 49.3 Å². The fourth-order valence-electron chi connectivity index (χ4n) is 3.42. The Hall–Kier alpha value is -1.10. The first-order chi connectivity index (χ1) is 9.77. The molecule has 1 fully saturated rings. The third kappa shape index (κ3) is 2.43. The molecule has 1 saturated carbocycles. The molecule has 1 atom stereocenters. The van der Waals surface area contributed by atoms with E-state index < -0.39 is 0 Å². The van der Waals surface area contributed by atoms with Gasteiger partial charge in [0.05, 0.1) is 18.2 Å². The first kappa shape index (κ1) is 13.9. The van der Waals surface area contributed by atoms with Crippen LogP contribution in [0.2, 0.25) is 0 Å². The summed E-state index contributed by atoms with van der Waals surface area (Å²) in [4.78, 5) is 0. The van der Waals surface area contributed by atoms with Crippen molar-refractivity contribution >= 4 is 0 Å². The number of hydrogen-bond acceptors (Lipinski definition) is 4. The molecule has 2 aliphatic rings. The maximum Gasteiger partial charge on any atom is 0.122 e. The third-order valence-corrected chi connectivity index (χ3v) is 4.92. The lowest BCUT2D eigenvalue weighted by Gasteiger charge is -2.46. The molecule has 0 aromatic heterocycles. The van der Waals surface area contributed by atoms with Gasteiger partial charge < -0.3 is 9.47 Å². The van der Waals surface area contributed by atoms with Crippen LogP contribution < -0.4 is 16.0 Å². The van der Waals surface area contributed by atoms with Crippen molar-refractivity contribution in [3.8, 4) is 5.75 Å². The Kier molecular flexibility index (Phi) is 3.96. The monoisotopic (exact) mass is 276 g/mol. The van der Waals surface area contributed by atoms with E-state index >= 15 is 0 Å². The molecule has 1 unspecified atom stereocenters. The van der Waals surface area contributed by atoms with E-state index in [1.807, 2.05) is 0 Å². The van der Waals surface area contributed by atoms with Crippen molar-refractivity contribution < 1.29 is 9.47 Å². The highest BCUT2D eigenvalue weighted by Gasteiger charge is 2.43. The zero-order chi connectivity index (χ0) is 14.0. The van der Waals surface area contributed by atoms with Crippen molar-refractivity contribution in [3.05, 3.63) is 29.3 Å². The molecule has 1 aliphatic heterocycles. The molecule has 1 heterocycles. The number of nitrogens with one attached hydrogen (secondary N) is 1. The molecular weight excluding hydrogens is 252 g/mol. The smallest absolute Gasteiger partial charge is 0.122 e. The first-order valence-corrected chi connectivity index (χ1v) is 7.53. The lowest BCUT2D eigenvalue weighted by atomic mass is 9.73. The van der Waals surface area contributed by atoms with Crippen LogP contribution in [0.4, 0.5) is 0 Å². The standard InChI is InChI=1S/C16H24N2O2/c1-19-16(8-2-9-16)15(18-17)6-4-12-3-5-14-13(11-12)7-10-20-14/h3,5,11,15,18H,2,4,6-10,17H2,1H3. The van der Waals surface area contributed by atoms with Crippen LogP contribution in [0.3, 0.4) is 0 Å². The maximum atomic E-state index is 5.75. The van der Waals surface area contributed by atoms with E-state index in [1.54, 1.807) is 7.11 Å². The molecule has 1 aromatic rings. The van der Waals surface area contributed by atoms with Gasteiger partial charge in [-0.1, -0.05) is 12.1 Å². The summed E-state index contributed by atoms with van der Waals surface area (Å²) in [7, 11) is 1.80. The van der Waals surface area contributed by atoms with Gasteiger partial charge in [-0.15, -0.1) is 0 Å². The number of fused-ring (bicyclic) bond motifs is 1.